The van der Waals surface area contributed by atoms with Crippen molar-refractivity contribution in [3.63, 3.8) is 0 Å². The van der Waals surface area contributed by atoms with Crippen LogP contribution in [0.5, 0.6) is 5.75 Å². The van der Waals surface area contributed by atoms with Crippen LogP contribution in [0.3, 0.4) is 0 Å². The van der Waals surface area contributed by atoms with Gasteiger partial charge in [-0.05, 0) is 67.1 Å². The lowest BCUT2D eigenvalue weighted by molar-refractivity contribution is 0.471. The van der Waals surface area contributed by atoms with Gasteiger partial charge in [0.05, 0.1) is 6.04 Å². The Hall–Kier alpha value is -1.80. The summed E-state index contributed by atoms with van der Waals surface area (Å²) in [6.07, 6.45) is 0.976. The molecule has 104 valence electrons. The van der Waals surface area contributed by atoms with E-state index in [1.54, 1.807) is 6.07 Å². The SMILES string of the molecule is Cc1cc(C)c(C2NCCc3cc(O)ccc32)c(C)c1. The van der Waals surface area contributed by atoms with Crippen LogP contribution in [0.2, 0.25) is 0 Å². The fraction of sp³-hybridized carbons (Fsp3) is 0.333. The van der Waals surface area contributed by atoms with E-state index in [1.165, 1.54) is 33.4 Å². The van der Waals surface area contributed by atoms with Crippen molar-refractivity contribution in [1.29, 1.82) is 0 Å². The van der Waals surface area contributed by atoms with Gasteiger partial charge in [0.15, 0.2) is 0 Å². The van der Waals surface area contributed by atoms with Crippen LogP contribution in [-0.4, -0.2) is 11.7 Å². The first-order valence-corrected chi connectivity index (χ1v) is 7.19. The van der Waals surface area contributed by atoms with Gasteiger partial charge in [-0.3, -0.25) is 0 Å². The van der Waals surface area contributed by atoms with Gasteiger partial charge in [-0.15, -0.1) is 0 Å². The molecular formula is C18H21NO. The zero-order valence-electron chi connectivity index (χ0n) is 12.3. The lowest BCUT2D eigenvalue weighted by Gasteiger charge is -2.30. The van der Waals surface area contributed by atoms with Crippen molar-refractivity contribution in [2.24, 2.45) is 0 Å². The molecule has 1 unspecified atom stereocenters. The number of phenols is 1. The largest absolute Gasteiger partial charge is 0.508 e. The molecule has 0 fully saturated rings. The molecule has 1 aliphatic heterocycles. The first-order chi connectivity index (χ1) is 9.56. The van der Waals surface area contributed by atoms with Crippen LogP contribution in [0.4, 0.5) is 0 Å². The topological polar surface area (TPSA) is 32.3 Å². The zero-order valence-corrected chi connectivity index (χ0v) is 12.3. The monoisotopic (exact) mass is 267 g/mol. The van der Waals surface area contributed by atoms with Gasteiger partial charge >= 0.3 is 0 Å². The molecule has 0 saturated heterocycles. The molecule has 1 heterocycles. The van der Waals surface area contributed by atoms with E-state index >= 15 is 0 Å². The molecule has 1 atom stereocenters. The van der Waals surface area contributed by atoms with E-state index in [9.17, 15) is 5.11 Å². The van der Waals surface area contributed by atoms with Crippen molar-refractivity contribution < 1.29 is 5.11 Å². The van der Waals surface area contributed by atoms with Crippen LogP contribution in [0.15, 0.2) is 30.3 Å². The number of hydrogen-bond donors (Lipinski definition) is 2. The van der Waals surface area contributed by atoms with Gasteiger partial charge in [0.2, 0.25) is 0 Å². The van der Waals surface area contributed by atoms with E-state index in [4.69, 9.17) is 0 Å². The maximum Gasteiger partial charge on any atom is 0.115 e. The maximum absolute atomic E-state index is 9.67. The Balaban J connectivity index is 2.14. The van der Waals surface area contributed by atoms with Crippen molar-refractivity contribution in [2.75, 3.05) is 6.54 Å². The summed E-state index contributed by atoms with van der Waals surface area (Å²) in [6.45, 7) is 7.47. The third kappa shape index (κ3) is 2.20. The van der Waals surface area contributed by atoms with Crippen molar-refractivity contribution in [3.8, 4) is 5.75 Å². The van der Waals surface area contributed by atoms with Gasteiger partial charge in [-0.2, -0.15) is 0 Å². The Kier molecular flexibility index (Phi) is 3.27. The fourth-order valence-corrected chi connectivity index (χ4v) is 3.46. The summed E-state index contributed by atoms with van der Waals surface area (Å²) < 4.78 is 0. The third-order valence-electron chi connectivity index (χ3n) is 4.21. The number of fused-ring (bicyclic) bond motifs is 1. The highest BCUT2D eigenvalue weighted by atomic mass is 16.3. The van der Waals surface area contributed by atoms with Crippen LogP contribution >= 0.6 is 0 Å². The van der Waals surface area contributed by atoms with E-state index < -0.39 is 0 Å². The number of benzene rings is 2. The molecule has 0 radical (unpaired) electrons. The molecular weight excluding hydrogens is 246 g/mol. The first-order valence-electron chi connectivity index (χ1n) is 7.19. The lowest BCUT2D eigenvalue weighted by atomic mass is 9.85. The number of hydrogen-bond acceptors (Lipinski definition) is 2. The number of nitrogens with one attached hydrogen (secondary N) is 1. The molecule has 1 aliphatic rings. The van der Waals surface area contributed by atoms with Crippen LogP contribution in [0.1, 0.15) is 39.4 Å². The molecule has 0 aromatic heterocycles. The summed E-state index contributed by atoms with van der Waals surface area (Å²) in [7, 11) is 0. The van der Waals surface area contributed by atoms with E-state index in [1.807, 2.05) is 6.07 Å². The summed E-state index contributed by atoms with van der Waals surface area (Å²) in [5.41, 5.74) is 7.91. The highest BCUT2D eigenvalue weighted by molar-refractivity contribution is 5.48. The van der Waals surface area contributed by atoms with Gasteiger partial charge in [0.1, 0.15) is 5.75 Å². The molecule has 0 amide bonds. The van der Waals surface area contributed by atoms with Crippen molar-refractivity contribution in [2.45, 2.75) is 33.2 Å². The van der Waals surface area contributed by atoms with E-state index in [0.717, 1.165) is 13.0 Å². The molecule has 2 aromatic carbocycles. The average Bonchev–Trinajstić information content (AvgIpc) is 2.37. The predicted octanol–water partition coefficient (Wildman–Crippen LogP) is 3.55. The first kappa shape index (κ1) is 13.2. The summed E-state index contributed by atoms with van der Waals surface area (Å²) in [6, 6.07) is 10.5. The number of phenolic OH excluding ortho intramolecular Hbond substituents is 1. The van der Waals surface area contributed by atoms with Crippen LogP contribution in [-0.2, 0) is 6.42 Å². The second-order valence-electron chi connectivity index (χ2n) is 5.83. The van der Waals surface area contributed by atoms with Gasteiger partial charge < -0.3 is 10.4 Å². The number of aromatic hydroxyl groups is 1. The van der Waals surface area contributed by atoms with Crippen LogP contribution in [0, 0.1) is 20.8 Å². The smallest absolute Gasteiger partial charge is 0.115 e. The van der Waals surface area contributed by atoms with E-state index in [2.05, 4.69) is 44.3 Å². The molecule has 0 saturated carbocycles. The van der Waals surface area contributed by atoms with Gasteiger partial charge in [-0.25, -0.2) is 0 Å². The molecule has 20 heavy (non-hydrogen) atoms. The summed E-state index contributed by atoms with van der Waals surface area (Å²) >= 11 is 0. The van der Waals surface area contributed by atoms with Crippen LogP contribution < -0.4 is 5.32 Å². The minimum atomic E-state index is 0.236. The number of rotatable bonds is 1. The molecule has 3 rings (SSSR count). The highest BCUT2D eigenvalue weighted by Crippen LogP contribution is 2.34. The molecule has 0 aliphatic carbocycles. The summed E-state index contributed by atoms with van der Waals surface area (Å²) in [4.78, 5) is 0. The van der Waals surface area contributed by atoms with Crippen molar-refractivity contribution in [3.05, 3.63) is 63.7 Å². The second kappa shape index (κ2) is 4.95. The fourth-order valence-electron chi connectivity index (χ4n) is 3.46. The molecule has 0 bridgehead atoms. The maximum atomic E-state index is 9.67. The van der Waals surface area contributed by atoms with Crippen LogP contribution in [0.25, 0.3) is 0 Å². The summed E-state index contributed by atoms with van der Waals surface area (Å²) in [5.74, 6) is 0.363. The van der Waals surface area contributed by atoms with E-state index in [-0.39, 0.29) is 6.04 Å². The Labute approximate surface area is 120 Å². The normalized spacial score (nSPS) is 17.9. The quantitative estimate of drug-likeness (QED) is 0.828. The minimum Gasteiger partial charge on any atom is -0.508 e. The van der Waals surface area contributed by atoms with Gasteiger partial charge in [0, 0.05) is 6.54 Å². The minimum absolute atomic E-state index is 0.236. The second-order valence-corrected chi connectivity index (χ2v) is 5.83. The Morgan fingerprint density at radius 2 is 1.75 bits per heavy atom. The Morgan fingerprint density at radius 1 is 1.05 bits per heavy atom. The van der Waals surface area contributed by atoms with Crippen molar-refractivity contribution >= 4 is 0 Å². The van der Waals surface area contributed by atoms with Gasteiger partial charge in [-0.1, -0.05) is 23.8 Å². The van der Waals surface area contributed by atoms with Gasteiger partial charge in [0.25, 0.3) is 0 Å². The van der Waals surface area contributed by atoms with Crippen molar-refractivity contribution in [1.82, 2.24) is 5.32 Å². The Bertz CT molecular complexity index is 637. The molecule has 2 aromatic rings. The summed E-state index contributed by atoms with van der Waals surface area (Å²) in [5, 5.41) is 13.3. The number of aryl methyl sites for hydroxylation is 3. The predicted molar refractivity (Wildman–Crippen MR) is 82.3 cm³/mol. The third-order valence-corrected chi connectivity index (χ3v) is 4.21. The standard InChI is InChI=1S/C18H21NO/c1-11-8-12(2)17(13(3)9-11)18-16-5-4-15(20)10-14(16)6-7-19-18/h4-5,8-10,18-20H,6-7H2,1-3H3. The highest BCUT2D eigenvalue weighted by Gasteiger charge is 2.24. The molecule has 2 nitrogen and oxygen atoms in total. The zero-order chi connectivity index (χ0) is 14.3. The van der Waals surface area contributed by atoms with E-state index in [0.29, 0.717) is 5.75 Å². The molecule has 2 N–H and O–H groups in total. The Morgan fingerprint density at radius 3 is 2.45 bits per heavy atom. The average molecular weight is 267 g/mol. The molecule has 0 spiro atoms. The lowest BCUT2D eigenvalue weighted by Crippen LogP contribution is -2.31. The molecule has 2 heteroatoms.